The van der Waals surface area contributed by atoms with Gasteiger partial charge in [-0.1, -0.05) is 0 Å². The number of aromatic nitrogens is 3. The Bertz CT molecular complexity index is 753. The molecule has 0 radical (unpaired) electrons. The average molecular weight is 252 g/mol. The summed E-state index contributed by atoms with van der Waals surface area (Å²) in [6.07, 6.45) is 6.31. The van der Waals surface area contributed by atoms with Crippen molar-refractivity contribution in [3.63, 3.8) is 0 Å². The highest BCUT2D eigenvalue weighted by atomic mass is 15.2. The Morgan fingerprint density at radius 3 is 2.74 bits per heavy atom. The van der Waals surface area contributed by atoms with E-state index in [4.69, 9.17) is 4.98 Å². The highest BCUT2D eigenvalue weighted by molar-refractivity contribution is 6.06. The lowest BCUT2D eigenvalue weighted by Gasteiger charge is -2.16. The zero-order chi connectivity index (χ0) is 12.8. The minimum atomic E-state index is 1.05. The summed E-state index contributed by atoms with van der Waals surface area (Å²) in [6, 6.07) is 6.37. The number of hydrogen-bond acceptors (Lipinski definition) is 3. The fraction of sp³-hybridized carbons (Fsp3) is 0.333. The van der Waals surface area contributed by atoms with Gasteiger partial charge in [0.2, 0.25) is 0 Å². The molecule has 0 amide bonds. The first-order valence-electron chi connectivity index (χ1n) is 6.79. The third kappa shape index (κ3) is 1.52. The van der Waals surface area contributed by atoms with Crippen molar-refractivity contribution in [2.45, 2.75) is 12.8 Å². The van der Waals surface area contributed by atoms with Crippen LogP contribution in [0.25, 0.3) is 21.9 Å². The summed E-state index contributed by atoms with van der Waals surface area (Å²) in [5.74, 6) is 1.10. The summed E-state index contributed by atoms with van der Waals surface area (Å²) in [6.45, 7) is 2.26. The molecule has 4 heterocycles. The monoisotopic (exact) mass is 252 g/mol. The third-order valence-electron chi connectivity index (χ3n) is 4.06. The van der Waals surface area contributed by atoms with E-state index in [-0.39, 0.29) is 0 Å². The van der Waals surface area contributed by atoms with Gasteiger partial charge in [-0.15, -0.1) is 0 Å². The van der Waals surface area contributed by atoms with Gasteiger partial charge in [0.25, 0.3) is 0 Å². The predicted molar refractivity (Wildman–Crippen MR) is 77.5 cm³/mol. The van der Waals surface area contributed by atoms with Crippen LogP contribution in [0.2, 0.25) is 0 Å². The molecule has 4 nitrogen and oxygen atoms in total. The summed E-state index contributed by atoms with van der Waals surface area (Å²) in [4.78, 5) is 11.5. The van der Waals surface area contributed by atoms with Crippen molar-refractivity contribution in [1.29, 1.82) is 0 Å². The molecule has 1 fully saturated rings. The van der Waals surface area contributed by atoms with Gasteiger partial charge in [0.1, 0.15) is 11.5 Å². The van der Waals surface area contributed by atoms with Crippen molar-refractivity contribution in [2.75, 3.05) is 18.0 Å². The fourth-order valence-corrected chi connectivity index (χ4v) is 3.03. The van der Waals surface area contributed by atoms with Crippen LogP contribution in [0.4, 0.5) is 5.82 Å². The molecule has 3 aromatic heterocycles. The van der Waals surface area contributed by atoms with Crippen LogP contribution < -0.4 is 4.90 Å². The van der Waals surface area contributed by atoms with Crippen LogP contribution in [0.1, 0.15) is 12.8 Å². The summed E-state index contributed by atoms with van der Waals surface area (Å²) in [5, 5.41) is 2.37. The normalized spacial score (nSPS) is 15.7. The molecule has 4 rings (SSSR count). The molecule has 0 aromatic carbocycles. The second-order valence-corrected chi connectivity index (χ2v) is 5.19. The van der Waals surface area contributed by atoms with E-state index in [0.29, 0.717) is 0 Å². The van der Waals surface area contributed by atoms with Crippen molar-refractivity contribution in [2.24, 2.45) is 7.05 Å². The van der Waals surface area contributed by atoms with Crippen LogP contribution in [0.3, 0.4) is 0 Å². The van der Waals surface area contributed by atoms with Gasteiger partial charge in [-0.05, 0) is 31.0 Å². The molecule has 0 saturated carbocycles. The minimum absolute atomic E-state index is 1.05. The van der Waals surface area contributed by atoms with E-state index in [2.05, 4.69) is 33.6 Å². The van der Waals surface area contributed by atoms with Gasteiger partial charge in [0.05, 0.1) is 5.52 Å². The topological polar surface area (TPSA) is 34.0 Å². The average Bonchev–Trinajstić information content (AvgIpc) is 3.08. The zero-order valence-electron chi connectivity index (χ0n) is 11.0. The van der Waals surface area contributed by atoms with E-state index in [1.54, 1.807) is 0 Å². The molecular formula is C15H16N4. The second-order valence-electron chi connectivity index (χ2n) is 5.19. The van der Waals surface area contributed by atoms with Gasteiger partial charge in [-0.25, -0.2) is 4.98 Å². The Balaban J connectivity index is 1.98. The van der Waals surface area contributed by atoms with E-state index in [1.165, 1.54) is 29.1 Å². The molecule has 1 aliphatic heterocycles. The smallest absolute Gasteiger partial charge is 0.143 e. The second kappa shape index (κ2) is 3.95. The first kappa shape index (κ1) is 10.8. The summed E-state index contributed by atoms with van der Waals surface area (Å²) in [5.41, 5.74) is 2.24. The molecule has 0 bridgehead atoms. The summed E-state index contributed by atoms with van der Waals surface area (Å²) < 4.78 is 2.16. The van der Waals surface area contributed by atoms with Gasteiger partial charge in [-0.3, -0.25) is 4.98 Å². The predicted octanol–water partition coefficient (Wildman–Crippen LogP) is 2.72. The van der Waals surface area contributed by atoms with Crippen molar-refractivity contribution in [3.05, 3.63) is 30.6 Å². The quantitative estimate of drug-likeness (QED) is 0.667. The minimum Gasteiger partial charge on any atom is -0.357 e. The van der Waals surface area contributed by atoms with Crippen molar-refractivity contribution < 1.29 is 0 Å². The summed E-state index contributed by atoms with van der Waals surface area (Å²) >= 11 is 0. The Labute approximate surface area is 111 Å². The lowest BCUT2D eigenvalue weighted by atomic mass is 10.2. The van der Waals surface area contributed by atoms with E-state index >= 15 is 0 Å². The molecule has 0 N–H and O–H groups in total. The van der Waals surface area contributed by atoms with Gasteiger partial charge in [0.15, 0.2) is 0 Å². The molecule has 96 valence electrons. The number of anilines is 1. The maximum Gasteiger partial charge on any atom is 0.143 e. The molecule has 1 aliphatic rings. The number of aryl methyl sites for hydroxylation is 1. The standard InChI is InChI=1S/C15H16N4/c1-18-13-6-7-16-10-12(13)11-4-5-14(17-15(11)18)19-8-2-3-9-19/h4-7,10H,2-3,8-9H2,1H3. The lowest BCUT2D eigenvalue weighted by Crippen LogP contribution is -2.18. The van der Waals surface area contributed by atoms with Gasteiger partial charge in [0, 0.05) is 43.3 Å². The Morgan fingerprint density at radius 2 is 1.89 bits per heavy atom. The molecule has 19 heavy (non-hydrogen) atoms. The van der Waals surface area contributed by atoms with Crippen LogP contribution in [0.5, 0.6) is 0 Å². The number of nitrogens with zero attached hydrogens (tertiary/aromatic N) is 4. The molecular weight excluding hydrogens is 236 g/mol. The number of hydrogen-bond donors (Lipinski definition) is 0. The number of pyridine rings is 2. The van der Waals surface area contributed by atoms with Gasteiger partial charge >= 0.3 is 0 Å². The van der Waals surface area contributed by atoms with E-state index < -0.39 is 0 Å². The largest absolute Gasteiger partial charge is 0.357 e. The number of rotatable bonds is 1. The maximum absolute atomic E-state index is 4.86. The molecule has 0 spiro atoms. The third-order valence-corrected chi connectivity index (χ3v) is 4.06. The zero-order valence-corrected chi connectivity index (χ0v) is 11.0. The van der Waals surface area contributed by atoms with E-state index in [0.717, 1.165) is 24.6 Å². The van der Waals surface area contributed by atoms with Crippen molar-refractivity contribution >= 4 is 27.8 Å². The highest BCUT2D eigenvalue weighted by Crippen LogP contribution is 2.28. The Hall–Kier alpha value is -2.10. The van der Waals surface area contributed by atoms with Crippen LogP contribution in [-0.4, -0.2) is 27.6 Å². The van der Waals surface area contributed by atoms with Crippen LogP contribution >= 0.6 is 0 Å². The number of fused-ring (bicyclic) bond motifs is 3. The highest BCUT2D eigenvalue weighted by Gasteiger charge is 2.16. The van der Waals surface area contributed by atoms with E-state index in [9.17, 15) is 0 Å². The molecule has 1 saturated heterocycles. The lowest BCUT2D eigenvalue weighted by molar-refractivity contribution is 0.927. The maximum atomic E-state index is 4.86. The molecule has 0 aliphatic carbocycles. The first-order valence-corrected chi connectivity index (χ1v) is 6.79. The van der Waals surface area contributed by atoms with Gasteiger partial charge < -0.3 is 9.47 Å². The van der Waals surface area contributed by atoms with Gasteiger partial charge in [-0.2, -0.15) is 0 Å². The molecule has 0 unspecified atom stereocenters. The SMILES string of the molecule is Cn1c2ccncc2c2ccc(N3CCCC3)nc21. The van der Waals surface area contributed by atoms with Crippen molar-refractivity contribution in [1.82, 2.24) is 14.5 Å². The first-order chi connectivity index (χ1) is 9.34. The van der Waals surface area contributed by atoms with Crippen molar-refractivity contribution in [3.8, 4) is 0 Å². The molecule has 3 aromatic rings. The Kier molecular flexibility index (Phi) is 2.24. The van der Waals surface area contributed by atoms with Crippen LogP contribution in [-0.2, 0) is 7.05 Å². The van der Waals surface area contributed by atoms with E-state index in [1.807, 2.05) is 18.5 Å². The summed E-state index contributed by atoms with van der Waals surface area (Å²) in [7, 11) is 2.07. The van der Waals surface area contributed by atoms with Crippen LogP contribution in [0.15, 0.2) is 30.6 Å². The Morgan fingerprint density at radius 1 is 1.05 bits per heavy atom. The molecule has 0 atom stereocenters. The molecule has 4 heteroatoms. The fourth-order valence-electron chi connectivity index (χ4n) is 3.03. The van der Waals surface area contributed by atoms with Crippen LogP contribution in [0, 0.1) is 0 Å².